The largest absolute Gasteiger partial charge is 0.368 e. The van der Waals surface area contributed by atoms with E-state index in [2.05, 4.69) is 15.9 Å². The number of piperazine rings is 1. The molecule has 0 aliphatic carbocycles. The number of rotatable bonds is 2. The van der Waals surface area contributed by atoms with Gasteiger partial charge in [0.2, 0.25) is 0 Å². The van der Waals surface area contributed by atoms with Crippen molar-refractivity contribution in [3.05, 3.63) is 33.8 Å². The Morgan fingerprint density at radius 3 is 2.48 bits per heavy atom. The summed E-state index contributed by atoms with van der Waals surface area (Å²) in [5, 5.41) is 0. The second-order valence-electron chi connectivity index (χ2n) is 6.08. The summed E-state index contributed by atoms with van der Waals surface area (Å²) in [7, 11) is 0. The SMILES string of the molecule is Cc1cc(Br)ccc1C(=O)N1CCN(C(=O)C2CCCO2)CC1. The average molecular weight is 381 g/mol. The quantitative estimate of drug-likeness (QED) is 0.790. The Kier molecular flexibility index (Phi) is 5.02. The van der Waals surface area contributed by atoms with E-state index in [1.807, 2.05) is 34.9 Å². The first-order chi connectivity index (χ1) is 11.1. The number of carbonyl (C=O) groups is 2. The maximum atomic E-state index is 12.6. The van der Waals surface area contributed by atoms with E-state index in [0.717, 1.165) is 28.4 Å². The van der Waals surface area contributed by atoms with Gasteiger partial charge in [-0.05, 0) is 43.5 Å². The standard InChI is InChI=1S/C17H21BrN2O3/c1-12-11-13(18)4-5-14(12)16(21)19-6-8-20(9-7-19)17(22)15-3-2-10-23-15/h4-5,11,15H,2-3,6-10H2,1H3. The molecule has 5 nitrogen and oxygen atoms in total. The van der Waals surface area contributed by atoms with Crippen molar-refractivity contribution in [3.8, 4) is 0 Å². The minimum Gasteiger partial charge on any atom is -0.368 e. The van der Waals surface area contributed by atoms with E-state index in [4.69, 9.17) is 4.74 Å². The lowest BCUT2D eigenvalue weighted by atomic mass is 10.1. The second-order valence-corrected chi connectivity index (χ2v) is 6.99. The molecular weight excluding hydrogens is 360 g/mol. The number of benzene rings is 1. The highest BCUT2D eigenvalue weighted by Crippen LogP contribution is 2.19. The molecule has 1 aromatic rings. The summed E-state index contributed by atoms with van der Waals surface area (Å²) in [5.41, 5.74) is 1.69. The zero-order chi connectivity index (χ0) is 16.4. The van der Waals surface area contributed by atoms with Crippen LogP contribution in [0.15, 0.2) is 22.7 Å². The zero-order valence-corrected chi connectivity index (χ0v) is 14.8. The lowest BCUT2D eigenvalue weighted by molar-refractivity contribution is -0.142. The third-order valence-electron chi connectivity index (χ3n) is 4.50. The van der Waals surface area contributed by atoms with Gasteiger partial charge in [-0.15, -0.1) is 0 Å². The molecular formula is C17H21BrN2O3. The van der Waals surface area contributed by atoms with Crippen LogP contribution in [0.3, 0.4) is 0 Å². The lowest BCUT2D eigenvalue weighted by Gasteiger charge is -2.36. The Hall–Kier alpha value is -1.40. The number of hydrogen-bond acceptors (Lipinski definition) is 3. The predicted octanol–water partition coefficient (Wildman–Crippen LogP) is 2.22. The van der Waals surface area contributed by atoms with Gasteiger partial charge < -0.3 is 14.5 Å². The Bertz CT molecular complexity index is 606. The minimum atomic E-state index is -0.272. The molecule has 2 heterocycles. The summed E-state index contributed by atoms with van der Waals surface area (Å²) in [6.45, 7) is 4.94. The van der Waals surface area contributed by atoms with Crippen molar-refractivity contribution in [2.24, 2.45) is 0 Å². The van der Waals surface area contributed by atoms with Crippen LogP contribution in [-0.2, 0) is 9.53 Å². The van der Waals surface area contributed by atoms with E-state index in [-0.39, 0.29) is 17.9 Å². The number of halogens is 1. The fraction of sp³-hybridized carbons (Fsp3) is 0.529. The number of ether oxygens (including phenoxy) is 1. The van der Waals surface area contributed by atoms with E-state index < -0.39 is 0 Å². The molecule has 23 heavy (non-hydrogen) atoms. The molecule has 2 aliphatic rings. The van der Waals surface area contributed by atoms with Gasteiger partial charge in [-0.25, -0.2) is 0 Å². The molecule has 1 atom stereocenters. The topological polar surface area (TPSA) is 49.9 Å². The van der Waals surface area contributed by atoms with Gasteiger partial charge in [0.25, 0.3) is 11.8 Å². The van der Waals surface area contributed by atoms with E-state index in [0.29, 0.717) is 32.8 Å². The first-order valence-electron chi connectivity index (χ1n) is 8.02. The van der Waals surface area contributed by atoms with Gasteiger partial charge in [0, 0.05) is 42.8 Å². The van der Waals surface area contributed by atoms with Crippen molar-refractivity contribution in [3.63, 3.8) is 0 Å². The van der Waals surface area contributed by atoms with Gasteiger partial charge in [0.1, 0.15) is 6.10 Å². The fourth-order valence-electron chi connectivity index (χ4n) is 3.14. The van der Waals surface area contributed by atoms with Crippen LogP contribution >= 0.6 is 15.9 Å². The summed E-state index contributed by atoms with van der Waals surface area (Å²) >= 11 is 3.42. The van der Waals surface area contributed by atoms with Crippen molar-refractivity contribution in [1.82, 2.24) is 9.80 Å². The Balaban J connectivity index is 1.60. The number of aryl methyl sites for hydroxylation is 1. The monoisotopic (exact) mass is 380 g/mol. The molecule has 0 bridgehead atoms. The summed E-state index contributed by atoms with van der Waals surface area (Å²) in [5.74, 6) is 0.119. The molecule has 0 radical (unpaired) electrons. The van der Waals surface area contributed by atoms with Crippen LogP contribution in [0.4, 0.5) is 0 Å². The Morgan fingerprint density at radius 1 is 1.17 bits per heavy atom. The van der Waals surface area contributed by atoms with E-state index in [9.17, 15) is 9.59 Å². The van der Waals surface area contributed by atoms with Crippen molar-refractivity contribution >= 4 is 27.7 Å². The molecule has 0 N–H and O–H groups in total. The molecule has 1 unspecified atom stereocenters. The van der Waals surface area contributed by atoms with Gasteiger partial charge in [0.15, 0.2) is 0 Å². The highest BCUT2D eigenvalue weighted by Gasteiger charge is 2.31. The third kappa shape index (κ3) is 3.58. The van der Waals surface area contributed by atoms with E-state index >= 15 is 0 Å². The van der Waals surface area contributed by atoms with Crippen LogP contribution < -0.4 is 0 Å². The first kappa shape index (κ1) is 16.5. The van der Waals surface area contributed by atoms with Crippen molar-refractivity contribution < 1.29 is 14.3 Å². The first-order valence-corrected chi connectivity index (χ1v) is 8.81. The number of carbonyl (C=O) groups excluding carboxylic acids is 2. The molecule has 124 valence electrons. The molecule has 6 heteroatoms. The van der Waals surface area contributed by atoms with Crippen LogP contribution in [0.5, 0.6) is 0 Å². The van der Waals surface area contributed by atoms with Gasteiger partial charge in [-0.3, -0.25) is 9.59 Å². The van der Waals surface area contributed by atoms with Crippen molar-refractivity contribution in [2.75, 3.05) is 32.8 Å². The van der Waals surface area contributed by atoms with Gasteiger partial charge >= 0.3 is 0 Å². The average Bonchev–Trinajstić information content (AvgIpc) is 3.08. The molecule has 0 aromatic heterocycles. The molecule has 1 aromatic carbocycles. The predicted molar refractivity (Wildman–Crippen MR) is 90.3 cm³/mol. The summed E-state index contributed by atoms with van der Waals surface area (Å²) in [6, 6.07) is 5.69. The van der Waals surface area contributed by atoms with Crippen LogP contribution in [0.25, 0.3) is 0 Å². The molecule has 3 rings (SSSR count). The van der Waals surface area contributed by atoms with E-state index in [1.54, 1.807) is 0 Å². The van der Waals surface area contributed by atoms with Crippen molar-refractivity contribution in [2.45, 2.75) is 25.9 Å². The Morgan fingerprint density at radius 2 is 1.87 bits per heavy atom. The maximum Gasteiger partial charge on any atom is 0.254 e. The second kappa shape index (κ2) is 7.01. The molecule has 2 aliphatic heterocycles. The molecule has 2 saturated heterocycles. The molecule has 0 spiro atoms. The zero-order valence-electron chi connectivity index (χ0n) is 13.3. The normalized spacial score (nSPS) is 21.6. The summed E-state index contributed by atoms with van der Waals surface area (Å²) in [4.78, 5) is 28.6. The van der Waals surface area contributed by atoms with Crippen LogP contribution in [0.2, 0.25) is 0 Å². The van der Waals surface area contributed by atoms with Crippen LogP contribution in [0.1, 0.15) is 28.8 Å². The van der Waals surface area contributed by atoms with Crippen molar-refractivity contribution in [1.29, 1.82) is 0 Å². The van der Waals surface area contributed by atoms with E-state index in [1.165, 1.54) is 0 Å². The highest BCUT2D eigenvalue weighted by molar-refractivity contribution is 9.10. The maximum absolute atomic E-state index is 12.6. The molecule has 0 saturated carbocycles. The third-order valence-corrected chi connectivity index (χ3v) is 5.00. The van der Waals surface area contributed by atoms with Gasteiger partial charge in [-0.2, -0.15) is 0 Å². The van der Waals surface area contributed by atoms with Gasteiger partial charge in [0.05, 0.1) is 0 Å². The number of amides is 2. The number of hydrogen-bond donors (Lipinski definition) is 0. The molecule has 2 amide bonds. The van der Waals surface area contributed by atoms with Crippen LogP contribution in [-0.4, -0.2) is 60.5 Å². The summed E-state index contributed by atoms with van der Waals surface area (Å²) in [6.07, 6.45) is 1.50. The number of nitrogens with zero attached hydrogens (tertiary/aromatic N) is 2. The minimum absolute atomic E-state index is 0.0409. The summed E-state index contributed by atoms with van der Waals surface area (Å²) < 4.78 is 6.43. The lowest BCUT2D eigenvalue weighted by Crippen LogP contribution is -2.52. The molecule has 2 fully saturated rings. The van der Waals surface area contributed by atoms with Crippen LogP contribution in [0, 0.1) is 6.92 Å². The smallest absolute Gasteiger partial charge is 0.254 e. The fourth-order valence-corrected chi connectivity index (χ4v) is 3.62. The Labute approximate surface area is 144 Å². The van der Waals surface area contributed by atoms with Gasteiger partial charge in [-0.1, -0.05) is 15.9 Å². The highest BCUT2D eigenvalue weighted by atomic mass is 79.9.